The lowest BCUT2D eigenvalue weighted by atomic mass is 10.2. The van der Waals surface area contributed by atoms with Gasteiger partial charge in [0.15, 0.2) is 6.04 Å². The zero-order valence-electron chi connectivity index (χ0n) is 8.93. The molecule has 0 aromatic heterocycles. The van der Waals surface area contributed by atoms with Crippen LogP contribution in [0.25, 0.3) is 0 Å². The number of carboxylic acid groups (broad SMARTS) is 1. The third-order valence-corrected chi connectivity index (χ3v) is 1.36. The van der Waals surface area contributed by atoms with Crippen molar-refractivity contribution in [3.63, 3.8) is 0 Å². The summed E-state index contributed by atoms with van der Waals surface area (Å²) in [6, 6.07) is 0.417. The lowest BCUT2D eigenvalue weighted by Crippen LogP contribution is -2.44. The van der Waals surface area contributed by atoms with Gasteiger partial charge < -0.3 is 5.11 Å². The first-order chi connectivity index (χ1) is 6.81. The van der Waals surface area contributed by atoms with Gasteiger partial charge in [-0.05, 0) is 20.8 Å². The number of nitriles is 1. The van der Waals surface area contributed by atoms with Gasteiger partial charge in [-0.3, -0.25) is 9.63 Å². The number of carboxylic acids is 1. The highest BCUT2D eigenvalue weighted by Gasteiger charge is 2.28. The highest BCUT2D eigenvalue weighted by Crippen LogP contribution is 2.13. The minimum atomic E-state index is -1.27. The molecule has 0 rings (SSSR count). The quantitative estimate of drug-likeness (QED) is 0.532. The van der Waals surface area contributed by atoms with Crippen LogP contribution in [0.2, 0.25) is 0 Å². The molecule has 6 nitrogen and oxygen atoms in total. The number of amides is 1. The molecule has 0 aliphatic heterocycles. The molecule has 0 aromatic rings. The summed E-state index contributed by atoms with van der Waals surface area (Å²) >= 11 is 0. The van der Waals surface area contributed by atoms with Crippen molar-refractivity contribution in [1.82, 2.24) is 5.06 Å². The van der Waals surface area contributed by atoms with Gasteiger partial charge in [0, 0.05) is 0 Å². The highest BCUT2D eigenvalue weighted by atomic mass is 16.7. The number of nitrogens with zero attached hydrogens (tertiary/aromatic N) is 2. The van der Waals surface area contributed by atoms with Gasteiger partial charge in [0.1, 0.15) is 0 Å². The molecule has 0 aromatic carbocycles. The zero-order valence-corrected chi connectivity index (χ0v) is 8.93. The Hall–Kier alpha value is -1.61. The van der Waals surface area contributed by atoms with Crippen molar-refractivity contribution in [1.29, 1.82) is 5.26 Å². The van der Waals surface area contributed by atoms with E-state index in [-0.39, 0.29) is 12.8 Å². The van der Waals surface area contributed by atoms with Crippen molar-refractivity contribution >= 4 is 12.4 Å². The largest absolute Gasteiger partial charge is 0.480 e. The number of rotatable bonds is 5. The fraction of sp³-hybridized carbons (Fsp3) is 0.667. The summed E-state index contributed by atoms with van der Waals surface area (Å²) in [6.07, 6.45) is -0.0501. The third-order valence-electron chi connectivity index (χ3n) is 1.36. The second-order valence-electron chi connectivity index (χ2n) is 3.89. The Labute approximate surface area is 88.0 Å². The molecule has 1 N–H and O–H groups in total. The van der Waals surface area contributed by atoms with E-state index >= 15 is 0 Å². The standard InChI is InChI=1S/C9H14N2O4/c1-9(2,3)15-11(6-12)7(4-5-10)8(13)14/h6-7H,4H2,1-3H3,(H,13,14). The molecule has 0 radical (unpaired) electrons. The molecule has 0 aliphatic carbocycles. The third kappa shape index (κ3) is 4.98. The molecule has 0 aliphatic rings. The number of carbonyl (C=O) groups is 2. The minimum Gasteiger partial charge on any atom is -0.480 e. The van der Waals surface area contributed by atoms with E-state index in [1.165, 1.54) is 0 Å². The van der Waals surface area contributed by atoms with Crippen LogP contribution >= 0.6 is 0 Å². The van der Waals surface area contributed by atoms with Crippen LogP contribution in [0.15, 0.2) is 0 Å². The molecule has 6 heteroatoms. The summed E-state index contributed by atoms with van der Waals surface area (Å²) in [5.41, 5.74) is -0.690. The highest BCUT2D eigenvalue weighted by molar-refractivity contribution is 5.76. The Morgan fingerprint density at radius 2 is 2.20 bits per heavy atom. The smallest absolute Gasteiger partial charge is 0.330 e. The number of hydroxylamine groups is 2. The Kier molecular flexibility index (Phi) is 4.74. The summed E-state index contributed by atoms with van der Waals surface area (Å²) in [6.45, 7) is 5.03. The predicted octanol–water partition coefficient (Wildman–Crippen LogP) is 0.542. The predicted molar refractivity (Wildman–Crippen MR) is 50.4 cm³/mol. The summed E-state index contributed by atoms with van der Waals surface area (Å²) in [4.78, 5) is 26.5. The van der Waals surface area contributed by atoms with E-state index in [1.807, 2.05) is 0 Å². The molecule has 1 unspecified atom stereocenters. The summed E-state index contributed by atoms with van der Waals surface area (Å²) < 4.78 is 0. The number of aliphatic carboxylic acids is 1. The van der Waals surface area contributed by atoms with Crippen molar-refractivity contribution < 1.29 is 19.5 Å². The van der Waals surface area contributed by atoms with E-state index in [2.05, 4.69) is 0 Å². The maximum absolute atomic E-state index is 10.7. The summed E-state index contributed by atoms with van der Waals surface area (Å²) in [7, 11) is 0. The minimum absolute atomic E-state index is 0.265. The van der Waals surface area contributed by atoms with Gasteiger partial charge >= 0.3 is 5.97 Å². The first-order valence-corrected chi connectivity index (χ1v) is 4.34. The van der Waals surface area contributed by atoms with Crippen LogP contribution in [-0.4, -0.2) is 34.2 Å². The Morgan fingerprint density at radius 1 is 1.67 bits per heavy atom. The lowest BCUT2D eigenvalue weighted by molar-refractivity contribution is -0.234. The fourth-order valence-corrected chi connectivity index (χ4v) is 0.847. The molecule has 0 fully saturated rings. The van der Waals surface area contributed by atoms with Crippen molar-refractivity contribution in [2.45, 2.75) is 38.8 Å². The average molecular weight is 214 g/mol. The SMILES string of the molecule is CC(C)(C)ON(C=O)C(CC#N)C(=O)O. The molecular formula is C9H14N2O4. The van der Waals surface area contributed by atoms with Gasteiger partial charge in [0.2, 0.25) is 6.41 Å². The molecule has 15 heavy (non-hydrogen) atoms. The van der Waals surface area contributed by atoms with E-state index in [9.17, 15) is 9.59 Å². The number of hydrogen-bond donors (Lipinski definition) is 1. The second kappa shape index (κ2) is 5.32. The fourth-order valence-electron chi connectivity index (χ4n) is 0.847. The van der Waals surface area contributed by atoms with Gasteiger partial charge in [0.05, 0.1) is 18.1 Å². The zero-order chi connectivity index (χ0) is 12.1. The molecule has 0 bridgehead atoms. The van der Waals surface area contributed by atoms with E-state index in [1.54, 1.807) is 26.8 Å². The van der Waals surface area contributed by atoms with Crippen LogP contribution in [0.4, 0.5) is 0 Å². The topological polar surface area (TPSA) is 90.6 Å². The number of carbonyl (C=O) groups excluding carboxylic acids is 1. The van der Waals surface area contributed by atoms with Crippen molar-refractivity contribution in [2.24, 2.45) is 0 Å². The van der Waals surface area contributed by atoms with Gasteiger partial charge in [-0.2, -0.15) is 5.26 Å². The van der Waals surface area contributed by atoms with Gasteiger partial charge in [-0.1, -0.05) is 0 Å². The molecular weight excluding hydrogens is 200 g/mol. The van der Waals surface area contributed by atoms with Crippen LogP contribution in [0.1, 0.15) is 27.2 Å². The maximum Gasteiger partial charge on any atom is 0.330 e. The monoisotopic (exact) mass is 214 g/mol. The maximum atomic E-state index is 10.7. The molecule has 0 heterocycles. The number of hydrogen-bond acceptors (Lipinski definition) is 4. The Morgan fingerprint density at radius 3 is 2.47 bits per heavy atom. The molecule has 1 atom stereocenters. The molecule has 1 amide bonds. The van der Waals surface area contributed by atoms with Crippen LogP contribution in [-0.2, 0) is 14.4 Å². The van der Waals surface area contributed by atoms with Gasteiger partial charge in [0.25, 0.3) is 0 Å². The summed E-state index contributed by atoms with van der Waals surface area (Å²) in [5.74, 6) is -1.27. The molecule has 0 saturated heterocycles. The second-order valence-corrected chi connectivity index (χ2v) is 3.89. The van der Waals surface area contributed by atoms with Gasteiger partial charge in [-0.25, -0.2) is 9.86 Å². The normalized spacial score (nSPS) is 12.7. The first kappa shape index (κ1) is 13.4. The van der Waals surface area contributed by atoms with E-state index < -0.39 is 17.6 Å². The van der Waals surface area contributed by atoms with Crippen LogP contribution in [0.3, 0.4) is 0 Å². The molecule has 0 saturated carbocycles. The van der Waals surface area contributed by atoms with Crippen LogP contribution < -0.4 is 0 Å². The Balaban J connectivity index is 4.68. The van der Waals surface area contributed by atoms with Gasteiger partial charge in [-0.15, -0.1) is 0 Å². The first-order valence-electron chi connectivity index (χ1n) is 4.34. The average Bonchev–Trinajstić information content (AvgIpc) is 2.08. The van der Waals surface area contributed by atoms with Crippen molar-refractivity contribution in [2.75, 3.05) is 0 Å². The van der Waals surface area contributed by atoms with Crippen molar-refractivity contribution in [3.05, 3.63) is 0 Å². The Bertz CT molecular complexity index is 277. The summed E-state index contributed by atoms with van der Waals surface area (Å²) in [5, 5.41) is 17.8. The van der Waals surface area contributed by atoms with E-state index in [0.29, 0.717) is 5.06 Å². The van der Waals surface area contributed by atoms with E-state index in [0.717, 1.165) is 0 Å². The van der Waals surface area contributed by atoms with Crippen LogP contribution in [0.5, 0.6) is 0 Å². The molecule has 84 valence electrons. The lowest BCUT2D eigenvalue weighted by Gasteiger charge is -2.29. The van der Waals surface area contributed by atoms with E-state index in [4.69, 9.17) is 15.2 Å². The van der Waals surface area contributed by atoms with Crippen LogP contribution in [0, 0.1) is 11.3 Å². The van der Waals surface area contributed by atoms with Crippen molar-refractivity contribution in [3.8, 4) is 6.07 Å². The molecule has 0 spiro atoms.